The molecule has 0 aliphatic carbocycles. The Labute approximate surface area is 161 Å². The van der Waals surface area contributed by atoms with E-state index in [2.05, 4.69) is 10.6 Å². The van der Waals surface area contributed by atoms with Crippen LogP contribution in [0, 0.1) is 25.5 Å². The standard InChI is InChI=1S/C22H18F2N2O2/c1-13-9-10-14(2)19(11-13)25-21(27)15-5-3-6-16(12-15)22(28)26-20-17(23)7-4-8-18(20)24/h3-12H,1-2H3,(H,25,27)(H,26,28). The molecule has 3 aromatic carbocycles. The third-order valence-corrected chi connectivity index (χ3v) is 4.23. The van der Waals surface area contributed by atoms with E-state index in [9.17, 15) is 18.4 Å². The highest BCUT2D eigenvalue weighted by molar-refractivity contribution is 6.09. The molecule has 0 spiro atoms. The van der Waals surface area contributed by atoms with Crippen molar-refractivity contribution in [1.29, 1.82) is 0 Å². The number of aryl methyl sites for hydroxylation is 2. The lowest BCUT2D eigenvalue weighted by atomic mass is 10.1. The van der Waals surface area contributed by atoms with E-state index in [0.717, 1.165) is 23.3 Å². The van der Waals surface area contributed by atoms with Crippen LogP contribution in [0.15, 0.2) is 60.7 Å². The van der Waals surface area contributed by atoms with E-state index in [1.165, 1.54) is 24.3 Å². The van der Waals surface area contributed by atoms with Crippen molar-refractivity contribution in [2.24, 2.45) is 0 Å². The van der Waals surface area contributed by atoms with Gasteiger partial charge in [-0.2, -0.15) is 0 Å². The molecule has 0 radical (unpaired) electrons. The van der Waals surface area contributed by atoms with Gasteiger partial charge in [0, 0.05) is 16.8 Å². The summed E-state index contributed by atoms with van der Waals surface area (Å²) in [6.45, 7) is 3.80. The van der Waals surface area contributed by atoms with Gasteiger partial charge < -0.3 is 10.6 Å². The van der Waals surface area contributed by atoms with E-state index in [0.29, 0.717) is 5.69 Å². The summed E-state index contributed by atoms with van der Waals surface area (Å²) < 4.78 is 27.5. The highest BCUT2D eigenvalue weighted by Crippen LogP contribution is 2.20. The molecule has 3 rings (SSSR count). The van der Waals surface area contributed by atoms with Crippen molar-refractivity contribution >= 4 is 23.2 Å². The number of para-hydroxylation sites is 1. The third kappa shape index (κ3) is 4.23. The molecule has 2 N–H and O–H groups in total. The molecule has 0 bridgehead atoms. The summed E-state index contributed by atoms with van der Waals surface area (Å²) in [5.74, 6) is -2.86. The van der Waals surface area contributed by atoms with Crippen LogP contribution in [0.25, 0.3) is 0 Å². The molecule has 0 aromatic heterocycles. The largest absolute Gasteiger partial charge is 0.322 e. The van der Waals surface area contributed by atoms with Gasteiger partial charge >= 0.3 is 0 Å². The van der Waals surface area contributed by atoms with Gasteiger partial charge in [0.2, 0.25) is 0 Å². The Balaban J connectivity index is 1.80. The summed E-state index contributed by atoms with van der Waals surface area (Å²) in [5.41, 5.74) is 2.41. The highest BCUT2D eigenvalue weighted by atomic mass is 19.1. The van der Waals surface area contributed by atoms with Gasteiger partial charge in [-0.1, -0.05) is 24.3 Å². The molecule has 0 saturated heterocycles. The van der Waals surface area contributed by atoms with E-state index in [1.54, 1.807) is 6.07 Å². The summed E-state index contributed by atoms with van der Waals surface area (Å²) in [6, 6.07) is 14.9. The normalized spacial score (nSPS) is 10.4. The topological polar surface area (TPSA) is 58.2 Å². The van der Waals surface area contributed by atoms with Gasteiger partial charge in [-0.15, -0.1) is 0 Å². The first-order chi connectivity index (χ1) is 13.3. The quantitative estimate of drug-likeness (QED) is 0.663. The van der Waals surface area contributed by atoms with E-state index >= 15 is 0 Å². The lowest BCUT2D eigenvalue weighted by Crippen LogP contribution is -2.17. The molecule has 28 heavy (non-hydrogen) atoms. The van der Waals surface area contributed by atoms with Crippen molar-refractivity contribution in [3.8, 4) is 0 Å². The van der Waals surface area contributed by atoms with Crippen molar-refractivity contribution in [2.75, 3.05) is 10.6 Å². The number of carbonyl (C=O) groups is 2. The second kappa shape index (κ2) is 8.00. The van der Waals surface area contributed by atoms with Gasteiger partial charge in [0.1, 0.15) is 17.3 Å². The minimum atomic E-state index is -0.878. The maximum Gasteiger partial charge on any atom is 0.255 e. The first kappa shape index (κ1) is 19.2. The van der Waals surface area contributed by atoms with Crippen LogP contribution in [0.4, 0.5) is 20.2 Å². The first-order valence-electron chi connectivity index (χ1n) is 8.59. The maximum atomic E-state index is 13.7. The summed E-state index contributed by atoms with van der Waals surface area (Å²) in [4.78, 5) is 24.9. The Bertz CT molecular complexity index is 1040. The number of halogens is 2. The van der Waals surface area contributed by atoms with Crippen LogP contribution in [-0.4, -0.2) is 11.8 Å². The molecule has 0 aliphatic rings. The van der Waals surface area contributed by atoms with Gasteiger partial charge in [0.25, 0.3) is 11.8 Å². The third-order valence-electron chi connectivity index (χ3n) is 4.23. The predicted octanol–water partition coefficient (Wildman–Crippen LogP) is 5.09. The zero-order chi connectivity index (χ0) is 20.3. The number of rotatable bonds is 4. The molecule has 0 heterocycles. The average molecular weight is 380 g/mol. The fourth-order valence-corrected chi connectivity index (χ4v) is 2.67. The summed E-state index contributed by atoms with van der Waals surface area (Å²) in [5, 5.41) is 5.02. The van der Waals surface area contributed by atoms with Crippen molar-refractivity contribution in [2.45, 2.75) is 13.8 Å². The number of carbonyl (C=O) groups excluding carboxylic acids is 2. The van der Waals surface area contributed by atoms with Gasteiger partial charge in [0.15, 0.2) is 0 Å². The van der Waals surface area contributed by atoms with E-state index in [1.807, 2.05) is 32.0 Å². The molecule has 2 amide bonds. The number of hydrogen-bond donors (Lipinski definition) is 2. The van der Waals surface area contributed by atoms with Crippen LogP contribution in [0.3, 0.4) is 0 Å². The molecule has 0 saturated carbocycles. The number of benzene rings is 3. The molecule has 4 nitrogen and oxygen atoms in total. The molecule has 3 aromatic rings. The fourth-order valence-electron chi connectivity index (χ4n) is 2.67. The van der Waals surface area contributed by atoms with Gasteiger partial charge in [-0.3, -0.25) is 9.59 Å². The van der Waals surface area contributed by atoms with Crippen molar-refractivity contribution in [1.82, 2.24) is 0 Å². The van der Waals surface area contributed by atoms with Gasteiger partial charge in [-0.25, -0.2) is 8.78 Å². The van der Waals surface area contributed by atoms with Gasteiger partial charge in [0.05, 0.1) is 0 Å². The monoisotopic (exact) mass is 380 g/mol. The van der Waals surface area contributed by atoms with E-state index in [-0.39, 0.29) is 17.0 Å². The average Bonchev–Trinajstić information content (AvgIpc) is 2.67. The Morgan fingerprint density at radius 3 is 1.96 bits per heavy atom. The molecule has 0 fully saturated rings. The predicted molar refractivity (Wildman–Crippen MR) is 105 cm³/mol. The second-order valence-electron chi connectivity index (χ2n) is 6.40. The Morgan fingerprint density at radius 2 is 1.32 bits per heavy atom. The summed E-state index contributed by atoms with van der Waals surface area (Å²) >= 11 is 0. The Morgan fingerprint density at radius 1 is 0.750 bits per heavy atom. The van der Waals surface area contributed by atoms with Crippen LogP contribution in [0.1, 0.15) is 31.8 Å². The van der Waals surface area contributed by atoms with Crippen molar-refractivity contribution in [3.63, 3.8) is 0 Å². The number of hydrogen-bond acceptors (Lipinski definition) is 2. The highest BCUT2D eigenvalue weighted by Gasteiger charge is 2.15. The minimum absolute atomic E-state index is 0.108. The smallest absolute Gasteiger partial charge is 0.255 e. The molecule has 0 atom stereocenters. The van der Waals surface area contributed by atoms with Crippen LogP contribution >= 0.6 is 0 Å². The van der Waals surface area contributed by atoms with E-state index in [4.69, 9.17) is 0 Å². The fraction of sp³-hybridized carbons (Fsp3) is 0.0909. The van der Waals surface area contributed by atoms with Crippen molar-refractivity contribution in [3.05, 3.63) is 94.6 Å². The summed E-state index contributed by atoms with van der Waals surface area (Å²) in [7, 11) is 0. The van der Waals surface area contributed by atoms with Gasteiger partial charge in [-0.05, 0) is 61.4 Å². The Kier molecular flexibility index (Phi) is 5.49. The second-order valence-corrected chi connectivity index (χ2v) is 6.40. The zero-order valence-corrected chi connectivity index (χ0v) is 15.3. The molecular formula is C22H18F2N2O2. The summed E-state index contributed by atoms with van der Waals surface area (Å²) in [6.07, 6.45) is 0. The van der Waals surface area contributed by atoms with Crippen LogP contribution < -0.4 is 10.6 Å². The van der Waals surface area contributed by atoms with Crippen LogP contribution in [-0.2, 0) is 0 Å². The molecule has 142 valence electrons. The minimum Gasteiger partial charge on any atom is -0.322 e. The molecule has 6 heteroatoms. The lowest BCUT2D eigenvalue weighted by Gasteiger charge is -2.11. The number of anilines is 2. The Hall–Kier alpha value is -3.54. The number of nitrogens with one attached hydrogen (secondary N) is 2. The van der Waals surface area contributed by atoms with Crippen molar-refractivity contribution < 1.29 is 18.4 Å². The van der Waals surface area contributed by atoms with Crippen LogP contribution in [0.2, 0.25) is 0 Å². The lowest BCUT2D eigenvalue weighted by molar-refractivity contribution is 0.102. The van der Waals surface area contributed by atoms with Crippen LogP contribution in [0.5, 0.6) is 0 Å². The molecular weight excluding hydrogens is 362 g/mol. The zero-order valence-electron chi connectivity index (χ0n) is 15.3. The molecule has 0 unspecified atom stereocenters. The molecule has 0 aliphatic heterocycles. The number of amides is 2. The van der Waals surface area contributed by atoms with E-state index < -0.39 is 23.2 Å². The maximum absolute atomic E-state index is 13.7. The first-order valence-corrected chi connectivity index (χ1v) is 8.59. The SMILES string of the molecule is Cc1ccc(C)c(NC(=O)c2cccc(C(=O)Nc3c(F)cccc3F)c2)c1.